The van der Waals surface area contributed by atoms with Crippen LogP contribution >= 0.6 is 15.9 Å². The van der Waals surface area contributed by atoms with E-state index in [0.717, 1.165) is 33.9 Å². The van der Waals surface area contributed by atoms with Gasteiger partial charge in [-0.2, -0.15) is 0 Å². The van der Waals surface area contributed by atoms with Gasteiger partial charge in [0, 0.05) is 23.6 Å². The number of ether oxygens (including phenoxy) is 1. The first-order valence-corrected chi connectivity index (χ1v) is 9.48. The Kier molecular flexibility index (Phi) is 5.22. The number of aromatic amines is 1. The van der Waals surface area contributed by atoms with E-state index in [1.807, 2.05) is 37.5 Å². The molecule has 2 aromatic rings. The van der Waals surface area contributed by atoms with Crippen LogP contribution in [-0.2, 0) is 4.74 Å². The normalized spacial score (nSPS) is 16.0. The summed E-state index contributed by atoms with van der Waals surface area (Å²) in [7, 11) is 0. The molecule has 1 fully saturated rings. The lowest BCUT2D eigenvalue weighted by Gasteiger charge is -2.32. The molecule has 0 bridgehead atoms. The van der Waals surface area contributed by atoms with Crippen LogP contribution in [0.2, 0.25) is 0 Å². The van der Waals surface area contributed by atoms with Crippen molar-refractivity contribution in [3.8, 4) is 0 Å². The molecule has 7 heteroatoms. The van der Waals surface area contributed by atoms with Gasteiger partial charge in [-0.15, -0.1) is 0 Å². The highest BCUT2D eigenvalue weighted by Gasteiger charge is 2.27. The number of hydrogen-bond donors (Lipinski definition) is 1. The van der Waals surface area contributed by atoms with Crippen LogP contribution in [0, 0.1) is 12.8 Å². The second kappa shape index (κ2) is 7.23. The number of imidazole rings is 1. The third kappa shape index (κ3) is 3.76. The van der Waals surface area contributed by atoms with Crippen molar-refractivity contribution in [2.45, 2.75) is 39.7 Å². The number of piperidine rings is 1. The Balaban J connectivity index is 1.74. The molecular formula is C18H24BrN3O3. The topological polar surface area (TPSA) is 67.3 Å². The number of nitrogens with zero attached hydrogens (tertiary/aromatic N) is 2. The Morgan fingerprint density at radius 3 is 2.68 bits per heavy atom. The van der Waals surface area contributed by atoms with E-state index in [4.69, 9.17) is 4.74 Å². The molecule has 1 N–H and O–H groups in total. The minimum Gasteiger partial charge on any atom is -0.449 e. The lowest BCUT2D eigenvalue weighted by Crippen LogP contribution is -2.41. The van der Waals surface area contributed by atoms with Gasteiger partial charge < -0.3 is 14.6 Å². The zero-order valence-electron chi connectivity index (χ0n) is 14.8. The van der Waals surface area contributed by atoms with Gasteiger partial charge >= 0.3 is 11.8 Å². The number of aromatic nitrogens is 2. The maximum atomic E-state index is 12.4. The van der Waals surface area contributed by atoms with Crippen LogP contribution in [0.5, 0.6) is 0 Å². The largest absolute Gasteiger partial charge is 0.449 e. The van der Waals surface area contributed by atoms with Crippen molar-refractivity contribution in [3.63, 3.8) is 0 Å². The summed E-state index contributed by atoms with van der Waals surface area (Å²) in [4.78, 5) is 29.2. The van der Waals surface area contributed by atoms with Gasteiger partial charge in [0.05, 0.1) is 17.6 Å². The minimum atomic E-state index is -0.252. The Hall–Kier alpha value is -1.76. The lowest BCUT2D eigenvalue weighted by atomic mass is 10.0. The fourth-order valence-corrected chi connectivity index (χ4v) is 3.59. The van der Waals surface area contributed by atoms with Crippen molar-refractivity contribution in [3.05, 3.63) is 32.7 Å². The molecule has 25 heavy (non-hydrogen) atoms. The average Bonchev–Trinajstić information content (AvgIpc) is 2.88. The van der Waals surface area contributed by atoms with Gasteiger partial charge in [0.15, 0.2) is 0 Å². The van der Waals surface area contributed by atoms with E-state index >= 15 is 0 Å². The van der Waals surface area contributed by atoms with E-state index in [9.17, 15) is 9.59 Å². The van der Waals surface area contributed by atoms with Crippen LogP contribution < -0.4 is 5.69 Å². The number of rotatable bonds is 3. The van der Waals surface area contributed by atoms with Crippen LogP contribution in [-0.4, -0.2) is 40.2 Å². The number of carbonyl (C=O) groups is 1. The van der Waals surface area contributed by atoms with Crippen LogP contribution in [0.3, 0.4) is 0 Å². The first kappa shape index (κ1) is 18.0. The second-order valence-electron chi connectivity index (χ2n) is 7.11. The van der Waals surface area contributed by atoms with Crippen molar-refractivity contribution in [2.75, 3.05) is 19.7 Å². The molecule has 6 nitrogen and oxygen atoms in total. The van der Waals surface area contributed by atoms with E-state index in [0.29, 0.717) is 25.6 Å². The van der Waals surface area contributed by atoms with E-state index in [1.165, 1.54) is 0 Å². The third-order valence-corrected chi connectivity index (χ3v) is 5.48. The van der Waals surface area contributed by atoms with Gasteiger partial charge in [0.1, 0.15) is 0 Å². The van der Waals surface area contributed by atoms with Crippen LogP contribution in [0.15, 0.2) is 21.4 Å². The van der Waals surface area contributed by atoms with Crippen LogP contribution in [0.1, 0.15) is 38.3 Å². The van der Waals surface area contributed by atoms with E-state index in [-0.39, 0.29) is 17.8 Å². The van der Waals surface area contributed by atoms with Crippen molar-refractivity contribution >= 4 is 33.1 Å². The maximum absolute atomic E-state index is 12.4. The van der Waals surface area contributed by atoms with Crippen molar-refractivity contribution < 1.29 is 9.53 Å². The highest BCUT2D eigenvalue weighted by atomic mass is 79.9. The molecule has 1 saturated heterocycles. The van der Waals surface area contributed by atoms with E-state index in [2.05, 4.69) is 20.9 Å². The predicted molar refractivity (Wildman–Crippen MR) is 101 cm³/mol. The molecule has 0 spiro atoms. The van der Waals surface area contributed by atoms with Crippen LogP contribution in [0.4, 0.5) is 4.79 Å². The SMILES string of the molecule is Cc1cc2c(cc1Br)[nH]c(=O)n2C1CCN(C(=O)OCC(C)C)CC1. The number of likely N-dealkylation sites (tertiary alicyclic amines) is 1. The second-order valence-corrected chi connectivity index (χ2v) is 7.96. The molecule has 2 heterocycles. The third-order valence-electron chi connectivity index (χ3n) is 4.62. The summed E-state index contributed by atoms with van der Waals surface area (Å²) < 4.78 is 8.12. The zero-order chi connectivity index (χ0) is 18.1. The maximum Gasteiger partial charge on any atom is 0.409 e. The van der Waals surface area contributed by atoms with Gasteiger partial charge in [-0.3, -0.25) is 4.57 Å². The monoisotopic (exact) mass is 409 g/mol. The zero-order valence-corrected chi connectivity index (χ0v) is 16.4. The number of halogens is 1. The van der Waals surface area contributed by atoms with Gasteiger partial charge in [0.2, 0.25) is 0 Å². The molecule has 0 aliphatic carbocycles. The molecule has 1 aromatic carbocycles. The Labute approximate surface area is 155 Å². The van der Waals surface area contributed by atoms with Gasteiger partial charge in [-0.25, -0.2) is 9.59 Å². The van der Waals surface area contributed by atoms with Gasteiger partial charge in [0.25, 0.3) is 0 Å². The number of nitrogens with one attached hydrogen (secondary N) is 1. The standard InChI is InChI=1S/C18H24BrN3O3/c1-11(2)10-25-18(24)21-6-4-13(5-7-21)22-16-8-12(3)14(19)9-15(16)20-17(22)23/h8-9,11,13H,4-7,10H2,1-3H3,(H,20,23). The highest BCUT2D eigenvalue weighted by molar-refractivity contribution is 9.10. The fraction of sp³-hybridized carbons (Fsp3) is 0.556. The predicted octanol–water partition coefficient (Wildman–Crippen LogP) is 3.83. The first-order chi connectivity index (χ1) is 11.9. The summed E-state index contributed by atoms with van der Waals surface area (Å²) in [6.45, 7) is 7.70. The number of benzene rings is 1. The summed E-state index contributed by atoms with van der Waals surface area (Å²) in [6.07, 6.45) is 1.25. The summed E-state index contributed by atoms with van der Waals surface area (Å²) >= 11 is 3.51. The Morgan fingerprint density at radius 2 is 2.04 bits per heavy atom. The van der Waals surface area contributed by atoms with E-state index in [1.54, 1.807) is 4.90 Å². The average molecular weight is 410 g/mol. The summed E-state index contributed by atoms with van der Waals surface area (Å²) in [5, 5.41) is 0. The number of amides is 1. The molecule has 1 amide bonds. The number of H-pyrrole nitrogens is 1. The summed E-state index contributed by atoms with van der Waals surface area (Å²) in [5.74, 6) is 0.328. The minimum absolute atomic E-state index is 0.0895. The molecule has 1 aromatic heterocycles. The quantitative estimate of drug-likeness (QED) is 0.837. The molecule has 136 valence electrons. The van der Waals surface area contributed by atoms with E-state index < -0.39 is 0 Å². The fourth-order valence-electron chi connectivity index (χ4n) is 3.25. The van der Waals surface area contributed by atoms with Crippen molar-refractivity contribution in [1.29, 1.82) is 0 Å². The molecule has 0 radical (unpaired) electrons. The Morgan fingerprint density at radius 1 is 1.36 bits per heavy atom. The number of hydrogen-bond acceptors (Lipinski definition) is 3. The molecular weight excluding hydrogens is 386 g/mol. The number of aryl methyl sites for hydroxylation is 1. The molecule has 0 unspecified atom stereocenters. The van der Waals surface area contributed by atoms with Gasteiger partial charge in [-0.05, 0) is 43.4 Å². The Bertz CT molecular complexity index is 832. The molecule has 1 aliphatic rings. The van der Waals surface area contributed by atoms with Crippen LogP contribution in [0.25, 0.3) is 11.0 Å². The smallest absolute Gasteiger partial charge is 0.409 e. The highest BCUT2D eigenvalue weighted by Crippen LogP contribution is 2.28. The summed E-state index contributed by atoms with van der Waals surface area (Å²) in [5.41, 5.74) is 2.76. The number of fused-ring (bicyclic) bond motifs is 1. The van der Waals surface area contributed by atoms with Gasteiger partial charge in [-0.1, -0.05) is 29.8 Å². The first-order valence-electron chi connectivity index (χ1n) is 8.69. The van der Waals surface area contributed by atoms with Crippen molar-refractivity contribution in [2.24, 2.45) is 5.92 Å². The molecule has 3 rings (SSSR count). The number of carbonyl (C=O) groups excluding carboxylic acids is 1. The van der Waals surface area contributed by atoms with Crippen molar-refractivity contribution in [1.82, 2.24) is 14.5 Å². The molecule has 0 atom stereocenters. The molecule has 0 saturated carbocycles. The molecule has 1 aliphatic heterocycles. The summed E-state index contributed by atoms with van der Waals surface area (Å²) in [6, 6.07) is 4.07. The lowest BCUT2D eigenvalue weighted by molar-refractivity contribution is 0.0798.